The number of methoxy groups -OCH3 is 1. The normalized spacial score (nSPS) is 12.2. The fourth-order valence-corrected chi connectivity index (χ4v) is 3.39. The number of anilines is 1. The second-order valence-corrected chi connectivity index (χ2v) is 10.4. The molecule has 2 amide bonds. The number of aromatic nitrogens is 1. The van der Waals surface area contributed by atoms with E-state index in [4.69, 9.17) is 78.9 Å². The van der Waals surface area contributed by atoms with Crippen molar-refractivity contribution < 1.29 is 29.1 Å². The first kappa shape index (κ1) is 23.3. The van der Waals surface area contributed by atoms with Crippen LogP contribution in [0.4, 0.5) is 15.4 Å². The van der Waals surface area contributed by atoms with Crippen molar-refractivity contribution in [3.05, 3.63) is 17.2 Å². The van der Waals surface area contributed by atoms with Gasteiger partial charge in [-0.1, -0.05) is 74.8 Å². The number of halogens is 6. The van der Waals surface area contributed by atoms with Gasteiger partial charge in [0, 0.05) is 18.4 Å². The maximum Gasteiger partial charge on any atom is 0.422 e. The summed E-state index contributed by atoms with van der Waals surface area (Å²) < 4.78 is 6.92. The molecule has 0 saturated carbocycles. The number of hydrogen-bond donors (Lipinski definition) is 2. The fraction of sp³-hybridized carbons (Fsp3) is 0.357. The lowest BCUT2D eigenvalue weighted by Gasteiger charge is -2.21. The third-order valence-corrected chi connectivity index (χ3v) is 4.26. The molecule has 0 radical (unpaired) electrons. The standard InChI is InChI=1S/C14H10Cl6N2O6/c1-27-9-6(4-14(18,19)20)5(3-13(15,16)17)2-7-8(9)10(21-28-7)22(11(23)24)12(25)26/h2H,3-4H2,1H3,(H,23,24)(H,25,26). The monoisotopic (exact) mass is 512 g/mol. The summed E-state index contributed by atoms with van der Waals surface area (Å²) in [4.78, 5) is 22.7. The number of carboxylic acid groups (broad SMARTS) is 2. The van der Waals surface area contributed by atoms with Crippen molar-refractivity contribution in [1.29, 1.82) is 0 Å². The largest absolute Gasteiger partial charge is 0.496 e. The van der Waals surface area contributed by atoms with E-state index in [-0.39, 0.29) is 40.0 Å². The molecule has 0 aliphatic carbocycles. The molecule has 2 N–H and O–H groups in total. The molecule has 0 bridgehead atoms. The summed E-state index contributed by atoms with van der Waals surface area (Å²) in [5, 5.41) is 21.9. The minimum absolute atomic E-state index is 0.0170. The molecule has 0 fully saturated rings. The first-order valence-electron chi connectivity index (χ1n) is 7.12. The van der Waals surface area contributed by atoms with Crippen LogP contribution in [0.25, 0.3) is 11.0 Å². The van der Waals surface area contributed by atoms with E-state index < -0.39 is 25.6 Å². The Morgan fingerprint density at radius 2 is 1.64 bits per heavy atom. The zero-order valence-electron chi connectivity index (χ0n) is 13.7. The van der Waals surface area contributed by atoms with Gasteiger partial charge in [0.25, 0.3) is 0 Å². The van der Waals surface area contributed by atoms with Gasteiger partial charge in [-0.05, 0) is 11.6 Å². The van der Waals surface area contributed by atoms with Crippen LogP contribution >= 0.6 is 69.6 Å². The number of hydrogen-bond acceptors (Lipinski definition) is 5. The van der Waals surface area contributed by atoms with Crippen LogP contribution in [0.2, 0.25) is 0 Å². The zero-order chi connectivity index (χ0) is 21.4. The van der Waals surface area contributed by atoms with E-state index >= 15 is 0 Å². The number of amides is 2. The molecule has 0 saturated heterocycles. The Balaban J connectivity index is 2.86. The summed E-state index contributed by atoms with van der Waals surface area (Å²) >= 11 is 35.4. The van der Waals surface area contributed by atoms with Gasteiger partial charge in [0.2, 0.25) is 5.82 Å². The van der Waals surface area contributed by atoms with Crippen molar-refractivity contribution >= 4 is 98.6 Å². The number of fused-ring (bicyclic) bond motifs is 1. The van der Waals surface area contributed by atoms with Gasteiger partial charge in [0.15, 0.2) is 13.2 Å². The first-order valence-corrected chi connectivity index (χ1v) is 9.39. The SMILES string of the molecule is COc1c(CC(Cl)(Cl)Cl)c(CC(Cl)(Cl)Cl)cc2onc(N(C(=O)O)C(=O)O)c12. The Hall–Kier alpha value is -1.03. The molecule has 28 heavy (non-hydrogen) atoms. The quantitative estimate of drug-likeness (QED) is 0.494. The predicted molar refractivity (Wildman–Crippen MR) is 107 cm³/mol. The molecule has 0 spiro atoms. The molecule has 2 aromatic rings. The van der Waals surface area contributed by atoms with Crippen LogP contribution in [0.15, 0.2) is 10.6 Å². The molecule has 0 atom stereocenters. The number of rotatable bonds is 4. The Kier molecular flexibility index (Phi) is 6.95. The Bertz CT molecular complexity index is 906. The summed E-state index contributed by atoms with van der Waals surface area (Å²) in [7, 11) is 1.25. The number of carbonyl (C=O) groups is 2. The molecule has 14 heteroatoms. The van der Waals surface area contributed by atoms with Gasteiger partial charge >= 0.3 is 12.2 Å². The van der Waals surface area contributed by atoms with E-state index in [1.807, 2.05) is 0 Å². The fourth-order valence-electron chi connectivity index (χ4n) is 2.56. The molecule has 1 aromatic carbocycles. The van der Waals surface area contributed by atoms with Gasteiger partial charge in [-0.3, -0.25) is 0 Å². The average molecular weight is 515 g/mol. The molecule has 0 aliphatic rings. The average Bonchev–Trinajstić information content (AvgIpc) is 2.87. The van der Waals surface area contributed by atoms with Crippen LogP contribution in [-0.4, -0.2) is 42.3 Å². The highest BCUT2D eigenvalue weighted by molar-refractivity contribution is 6.68. The van der Waals surface area contributed by atoms with Crippen LogP contribution in [0.5, 0.6) is 5.75 Å². The second kappa shape index (κ2) is 8.38. The molecule has 8 nitrogen and oxygen atoms in total. The summed E-state index contributed by atoms with van der Waals surface area (Å²) in [6.07, 6.45) is -3.98. The number of alkyl halides is 6. The summed E-state index contributed by atoms with van der Waals surface area (Å²) in [6.45, 7) is 0. The molecule has 154 valence electrons. The summed E-state index contributed by atoms with van der Waals surface area (Å²) in [5.41, 5.74) is 0.591. The Labute approximate surface area is 187 Å². The zero-order valence-corrected chi connectivity index (χ0v) is 18.2. The predicted octanol–water partition coefficient (Wildman–Crippen LogP) is 5.82. The van der Waals surface area contributed by atoms with Crippen LogP contribution in [0.3, 0.4) is 0 Å². The Morgan fingerprint density at radius 1 is 1.11 bits per heavy atom. The van der Waals surface area contributed by atoms with Crippen LogP contribution < -0.4 is 9.64 Å². The lowest BCUT2D eigenvalue weighted by Crippen LogP contribution is -2.34. The lowest BCUT2D eigenvalue weighted by atomic mass is 9.98. The highest BCUT2D eigenvalue weighted by Gasteiger charge is 2.34. The molecule has 2 rings (SSSR count). The Morgan fingerprint density at radius 3 is 2.07 bits per heavy atom. The van der Waals surface area contributed by atoms with Crippen molar-refractivity contribution in [1.82, 2.24) is 5.16 Å². The summed E-state index contributed by atoms with van der Waals surface area (Å²) in [6, 6.07) is 1.38. The maximum atomic E-state index is 11.4. The number of ether oxygens (including phenoxy) is 1. The van der Waals surface area contributed by atoms with E-state index in [0.717, 1.165) is 0 Å². The minimum atomic E-state index is -1.81. The van der Waals surface area contributed by atoms with Crippen molar-refractivity contribution in [2.75, 3.05) is 12.0 Å². The van der Waals surface area contributed by atoms with Crippen LogP contribution in [0.1, 0.15) is 11.1 Å². The lowest BCUT2D eigenvalue weighted by molar-refractivity contribution is 0.183. The first-order chi connectivity index (χ1) is 12.7. The minimum Gasteiger partial charge on any atom is -0.496 e. The molecule has 1 aromatic heterocycles. The highest BCUT2D eigenvalue weighted by Crippen LogP contribution is 2.45. The number of nitrogens with zero attached hydrogens (tertiary/aromatic N) is 2. The molecule has 0 unspecified atom stereocenters. The van der Waals surface area contributed by atoms with Crippen LogP contribution in [-0.2, 0) is 12.8 Å². The number of benzene rings is 1. The van der Waals surface area contributed by atoms with E-state index in [2.05, 4.69) is 5.16 Å². The van der Waals surface area contributed by atoms with E-state index in [1.54, 1.807) is 0 Å². The van der Waals surface area contributed by atoms with Crippen molar-refractivity contribution in [2.45, 2.75) is 20.4 Å². The van der Waals surface area contributed by atoms with Gasteiger partial charge in [-0.15, -0.1) is 0 Å². The third-order valence-electron chi connectivity index (χ3n) is 3.46. The van der Waals surface area contributed by atoms with Crippen molar-refractivity contribution in [3.63, 3.8) is 0 Å². The van der Waals surface area contributed by atoms with Gasteiger partial charge in [0.1, 0.15) is 11.1 Å². The molecular formula is C14H10Cl6N2O6. The van der Waals surface area contributed by atoms with Gasteiger partial charge in [-0.2, -0.15) is 4.90 Å². The maximum absolute atomic E-state index is 11.4. The second-order valence-electron chi connectivity index (χ2n) is 5.41. The summed E-state index contributed by atoms with van der Waals surface area (Å²) in [5.74, 6) is -0.574. The van der Waals surface area contributed by atoms with E-state index in [9.17, 15) is 19.8 Å². The van der Waals surface area contributed by atoms with E-state index in [0.29, 0.717) is 5.56 Å². The van der Waals surface area contributed by atoms with Gasteiger partial charge in [-0.25, -0.2) is 9.59 Å². The smallest absolute Gasteiger partial charge is 0.422 e. The van der Waals surface area contributed by atoms with E-state index in [1.165, 1.54) is 13.2 Å². The third kappa shape index (κ3) is 5.31. The van der Waals surface area contributed by atoms with Gasteiger partial charge in [0.05, 0.1) is 7.11 Å². The van der Waals surface area contributed by atoms with Gasteiger partial charge < -0.3 is 19.5 Å². The number of imide groups is 1. The molecule has 0 aliphatic heterocycles. The van der Waals surface area contributed by atoms with Crippen molar-refractivity contribution in [3.8, 4) is 5.75 Å². The topological polar surface area (TPSA) is 113 Å². The molecular weight excluding hydrogens is 505 g/mol. The van der Waals surface area contributed by atoms with Crippen molar-refractivity contribution in [2.24, 2.45) is 0 Å². The highest BCUT2D eigenvalue weighted by atomic mass is 35.6. The van der Waals surface area contributed by atoms with Crippen LogP contribution in [0, 0.1) is 0 Å². The molecule has 1 heterocycles.